The SMILES string of the molecule is Cc1ccc(OC(=O)c2cccc(C(=O)Oc3c(F)c(F)c(F)c(F)c3F)c2)cc1. The Balaban J connectivity index is 1.83. The summed E-state index contributed by atoms with van der Waals surface area (Å²) in [7, 11) is 0. The van der Waals surface area contributed by atoms with Crippen molar-refractivity contribution in [2.45, 2.75) is 6.92 Å². The van der Waals surface area contributed by atoms with Gasteiger partial charge in [-0.15, -0.1) is 0 Å². The summed E-state index contributed by atoms with van der Waals surface area (Å²) in [5, 5.41) is 0. The van der Waals surface area contributed by atoms with Gasteiger partial charge >= 0.3 is 11.9 Å². The largest absolute Gasteiger partial charge is 0.423 e. The summed E-state index contributed by atoms with van der Waals surface area (Å²) in [6, 6.07) is 11.2. The van der Waals surface area contributed by atoms with Crippen molar-refractivity contribution in [3.63, 3.8) is 0 Å². The Morgan fingerprint density at radius 3 is 1.67 bits per heavy atom. The maximum Gasteiger partial charge on any atom is 0.343 e. The number of hydrogen-bond donors (Lipinski definition) is 0. The van der Waals surface area contributed by atoms with Crippen molar-refractivity contribution >= 4 is 11.9 Å². The second-order valence-corrected chi connectivity index (χ2v) is 6.07. The zero-order valence-corrected chi connectivity index (χ0v) is 15.1. The number of hydrogen-bond acceptors (Lipinski definition) is 4. The van der Waals surface area contributed by atoms with Gasteiger partial charge in [-0.2, -0.15) is 8.78 Å². The molecule has 3 aromatic rings. The van der Waals surface area contributed by atoms with E-state index in [1.54, 1.807) is 24.3 Å². The Bertz CT molecular complexity index is 1110. The summed E-state index contributed by atoms with van der Waals surface area (Å²) in [6.45, 7) is 1.84. The molecule has 0 radical (unpaired) electrons. The molecule has 0 bridgehead atoms. The maximum absolute atomic E-state index is 13.7. The molecular formula is C21H11F5O4. The molecule has 0 atom stereocenters. The minimum atomic E-state index is -2.38. The minimum Gasteiger partial charge on any atom is -0.423 e. The van der Waals surface area contributed by atoms with E-state index in [0.717, 1.165) is 17.7 Å². The average Bonchev–Trinajstić information content (AvgIpc) is 2.75. The maximum atomic E-state index is 13.7. The monoisotopic (exact) mass is 422 g/mol. The molecule has 0 spiro atoms. The second-order valence-electron chi connectivity index (χ2n) is 6.07. The van der Waals surface area contributed by atoms with Crippen molar-refractivity contribution < 1.29 is 41.0 Å². The van der Waals surface area contributed by atoms with Crippen LogP contribution in [0.25, 0.3) is 0 Å². The van der Waals surface area contributed by atoms with Crippen molar-refractivity contribution in [2.24, 2.45) is 0 Å². The number of aryl methyl sites for hydroxylation is 1. The van der Waals surface area contributed by atoms with Gasteiger partial charge in [0.05, 0.1) is 11.1 Å². The minimum absolute atomic E-state index is 0.109. The lowest BCUT2D eigenvalue weighted by Gasteiger charge is -2.09. The molecule has 3 aromatic carbocycles. The molecule has 0 heterocycles. The van der Waals surface area contributed by atoms with Gasteiger partial charge in [-0.3, -0.25) is 0 Å². The van der Waals surface area contributed by atoms with Crippen LogP contribution in [0.1, 0.15) is 26.3 Å². The van der Waals surface area contributed by atoms with Gasteiger partial charge in [-0.1, -0.05) is 23.8 Å². The number of rotatable bonds is 4. The van der Waals surface area contributed by atoms with Crippen LogP contribution in [0.2, 0.25) is 0 Å². The van der Waals surface area contributed by atoms with E-state index in [9.17, 15) is 31.5 Å². The molecule has 4 nitrogen and oxygen atoms in total. The fourth-order valence-corrected chi connectivity index (χ4v) is 2.37. The fraction of sp³-hybridized carbons (Fsp3) is 0.0476. The van der Waals surface area contributed by atoms with Gasteiger partial charge < -0.3 is 9.47 Å². The number of halogens is 5. The molecule has 0 amide bonds. The first-order valence-electron chi connectivity index (χ1n) is 8.31. The van der Waals surface area contributed by atoms with E-state index in [4.69, 9.17) is 4.74 Å². The molecule has 0 saturated heterocycles. The van der Waals surface area contributed by atoms with Crippen molar-refractivity contribution in [3.8, 4) is 11.5 Å². The number of carbonyl (C=O) groups excluding carboxylic acids is 2. The van der Waals surface area contributed by atoms with Crippen LogP contribution in [0.15, 0.2) is 48.5 Å². The van der Waals surface area contributed by atoms with Crippen LogP contribution in [0.5, 0.6) is 11.5 Å². The molecule has 3 rings (SSSR count). The molecule has 0 fully saturated rings. The predicted molar refractivity (Wildman–Crippen MR) is 93.8 cm³/mol. The van der Waals surface area contributed by atoms with E-state index in [2.05, 4.69) is 4.74 Å². The highest BCUT2D eigenvalue weighted by Crippen LogP contribution is 2.29. The molecule has 0 aliphatic heterocycles. The molecule has 9 heteroatoms. The van der Waals surface area contributed by atoms with Crippen molar-refractivity contribution in [1.82, 2.24) is 0 Å². The third-order valence-corrected chi connectivity index (χ3v) is 3.93. The molecule has 154 valence electrons. The summed E-state index contributed by atoms with van der Waals surface area (Å²) < 4.78 is 76.4. The van der Waals surface area contributed by atoms with Gasteiger partial charge in [0, 0.05) is 0 Å². The summed E-state index contributed by atoms with van der Waals surface area (Å²) in [5.41, 5.74) is 0.451. The Morgan fingerprint density at radius 2 is 1.13 bits per heavy atom. The van der Waals surface area contributed by atoms with E-state index in [1.807, 2.05) is 6.92 Å². The number of carbonyl (C=O) groups is 2. The standard InChI is InChI=1S/C21H11F5O4/c1-10-5-7-13(8-6-10)29-20(27)11-3-2-4-12(9-11)21(28)30-19-17(25)15(23)14(22)16(24)18(19)26/h2-9H,1H3. The Kier molecular flexibility index (Phi) is 5.81. The fourth-order valence-electron chi connectivity index (χ4n) is 2.37. The van der Waals surface area contributed by atoms with Crippen molar-refractivity contribution in [2.75, 3.05) is 0 Å². The first-order chi connectivity index (χ1) is 14.2. The summed E-state index contributed by atoms with van der Waals surface area (Å²) >= 11 is 0. The summed E-state index contributed by atoms with van der Waals surface area (Å²) in [4.78, 5) is 24.4. The van der Waals surface area contributed by atoms with Gasteiger partial charge in [-0.25, -0.2) is 22.8 Å². The summed E-state index contributed by atoms with van der Waals surface area (Å²) in [5.74, 6) is -15.3. The van der Waals surface area contributed by atoms with E-state index < -0.39 is 46.8 Å². The number of ether oxygens (including phenoxy) is 2. The van der Waals surface area contributed by atoms with Crippen LogP contribution >= 0.6 is 0 Å². The molecular weight excluding hydrogens is 411 g/mol. The third-order valence-electron chi connectivity index (χ3n) is 3.93. The quantitative estimate of drug-likeness (QED) is 0.192. The van der Waals surface area contributed by atoms with E-state index in [0.29, 0.717) is 0 Å². The van der Waals surface area contributed by atoms with Crippen LogP contribution in [-0.4, -0.2) is 11.9 Å². The lowest BCUT2D eigenvalue weighted by Crippen LogP contribution is -2.15. The van der Waals surface area contributed by atoms with Crippen molar-refractivity contribution in [1.29, 1.82) is 0 Å². The highest BCUT2D eigenvalue weighted by atomic mass is 19.2. The predicted octanol–water partition coefficient (Wildman–Crippen LogP) is 5.13. The lowest BCUT2D eigenvalue weighted by atomic mass is 10.1. The van der Waals surface area contributed by atoms with Gasteiger partial charge in [-0.05, 0) is 37.3 Å². The molecule has 0 aromatic heterocycles. The van der Waals surface area contributed by atoms with Gasteiger partial charge in [0.15, 0.2) is 0 Å². The molecule has 0 saturated carbocycles. The second kappa shape index (κ2) is 8.32. The van der Waals surface area contributed by atoms with Crippen LogP contribution in [0, 0.1) is 36.0 Å². The lowest BCUT2D eigenvalue weighted by molar-refractivity contribution is 0.0716. The molecule has 0 N–H and O–H groups in total. The molecule has 0 unspecified atom stereocenters. The third kappa shape index (κ3) is 4.14. The molecule has 30 heavy (non-hydrogen) atoms. The number of esters is 2. The van der Waals surface area contributed by atoms with Crippen LogP contribution < -0.4 is 9.47 Å². The average molecular weight is 422 g/mol. The molecule has 0 aliphatic carbocycles. The van der Waals surface area contributed by atoms with Gasteiger partial charge in [0.2, 0.25) is 34.8 Å². The highest BCUT2D eigenvalue weighted by Gasteiger charge is 2.29. The number of benzene rings is 3. The first kappa shape index (κ1) is 21.0. The van der Waals surface area contributed by atoms with E-state index in [1.165, 1.54) is 12.1 Å². The molecule has 0 aliphatic rings. The Morgan fingerprint density at radius 1 is 0.667 bits per heavy atom. The van der Waals surface area contributed by atoms with Crippen LogP contribution in [0.4, 0.5) is 22.0 Å². The topological polar surface area (TPSA) is 52.6 Å². The van der Waals surface area contributed by atoms with E-state index in [-0.39, 0.29) is 16.9 Å². The smallest absolute Gasteiger partial charge is 0.343 e. The van der Waals surface area contributed by atoms with Crippen LogP contribution in [-0.2, 0) is 0 Å². The van der Waals surface area contributed by atoms with E-state index >= 15 is 0 Å². The zero-order valence-electron chi connectivity index (χ0n) is 15.1. The highest BCUT2D eigenvalue weighted by molar-refractivity contribution is 5.96. The Hall–Kier alpha value is -3.75. The van der Waals surface area contributed by atoms with Gasteiger partial charge in [0.25, 0.3) is 0 Å². The normalized spacial score (nSPS) is 10.6. The summed E-state index contributed by atoms with van der Waals surface area (Å²) in [6.07, 6.45) is 0. The van der Waals surface area contributed by atoms with Gasteiger partial charge in [0.1, 0.15) is 5.75 Å². The Labute approximate surface area is 166 Å². The van der Waals surface area contributed by atoms with Crippen LogP contribution in [0.3, 0.4) is 0 Å². The first-order valence-corrected chi connectivity index (χ1v) is 8.31. The zero-order chi connectivity index (χ0) is 22.0. The van der Waals surface area contributed by atoms with Crippen molar-refractivity contribution in [3.05, 3.63) is 94.3 Å².